The molecule has 0 saturated carbocycles. The summed E-state index contributed by atoms with van der Waals surface area (Å²) >= 11 is 0. The van der Waals surface area contributed by atoms with Gasteiger partial charge >= 0.3 is 5.76 Å². The van der Waals surface area contributed by atoms with Gasteiger partial charge in [-0.25, -0.2) is 18.2 Å². The lowest BCUT2D eigenvalue weighted by Crippen LogP contribution is -2.19. The van der Waals surface area contributed by atoms with E-state index in [4.69, 9.17) is 10.2 Å². The highest BCUT2D eigenvalue weighted by Crippen LogP contribution is 2.28. The van der Waals surface area contributed by atoms with Crippen molar-refractivity contribution in [2.75, 3.05) is 4.72 Å². The number of sulfonamides is 1. The molecule has 0 aliphatic heterocycles. The van der Waals surface area contributed by atoms with Crippen molar-refractivity contribution in [3.05, 3.63) is 87.8 Å². The number of hydrogen-bond donors (Lipinski definition) is 2. The van der Waals surface area contributed by atoms with E-state index in [0.29, 0.717) is 17.6 Å². The molecule has 8 nitrogen and oxygen atoms in total. The van der Waals surface area contributed by atoms with Gasteiger partial charge in [0.05, 0.1) is 16.5 Å². The SMILES string of the molecule is Cc1cc2c(cc1S(=O)(=O)Nc1cccc(F)n1)oc(=O)n2C(C)c1cccc(CN)c1. The van der Waals surface area contributed by atoms with E-state index in [9.17, 15) is 17.6 Å². The van der Waals surface area contributed by atoms with Crippen LogP contribution in [-0.4, -0.2) is 18.0 Å². The Morgan fingerprint density at radius 2 is 1.94 bits per heavy atom. The van der Waals surface area contributed by atoms with Crippen molar-refractivity contribution in [1.82, 2.24) is 9.55 Å². The summed E-state index contributed by atoms with van der Waals surface area (Å²) in [6, 6.07) is 13.8. The lowest BCUT2D eigenvalue weighted by Gasteiger charge is -2.15. The number of nitrogens with one attached hydrogen (secondary N) is 1. The van der Waals surface area contributed by atoms with E-state index in [-0.39, 0.29) is 22.3 Å². The number of rotatable bonds is 6. The highest BCUT2D eigenvalue weighted by molar-refractivity contribution is 7.92. The maximum Gasteiger partial charge on any atom is 0.420 e. The van der Waals surface area contributed by atoms with Gasteiger partial charge in [0, 0.05) is 12.6 Å². The molecular formula is C22H21FN4O4S. The number of aromatic nitrogens is 2. The number of nitrogens with zero attached hydrogens (tertiary/aromatic N) is 2. The number of nitrogens with two attached hydrogens (primary N) is 1. The Labute approximate surface area is 183 Å². The third-order valence-corrected chi connectivity index (χ3v) is 6.71. The third kappa shape index (κ3) is 4.02. The number of benzene rings is 2. The van der Waals surface area contributed by atoms with E-state index in [0.717, 1.165) is 17.2 Å². The Morgan fingerprint density at radius 3 is 2.66 bits per heavy atom. The summed E-state index contributed by atoms with van der Waals surface area (Å²) in [4.78, 5) is 16.1. The second-order valence-corrected chi connectivity index (χ2v) is 9.05. The van der Waals surface area contributed by atoms with Crippen LogP contribution in [0.15, 0.2) is 68.7 Å². The third-order valence-electron chi connectivity index (χ3n) is 5.21. The quantitative estimate of drug-likeness (QED) is 0.430. The van der Waals surface area contributed by atoms with Crippen LogP contribution in [0.4, 0.5) is 10.2 Å². The average Bonchev–Trinajstić information content (AvgIpc) is 3.07. The van der Waals surface area contributed by atoms with E-state index < -0.39 is 21.7 Å². The smallest absolute Gasteiger partial charge is 0.408 e. The van der Waals surface area contributed by atoms with Crippen molar-refractivity contribution in [3.63, 3.8) is 0 Å². The Morgan fingerprint density at radius 1 is 1.19 bits per heavy atom. The zero-order chi connectivity index (χ0) is 23.0. The Hall–Kier alpha value is -3.50. The van der Waals surface area contributed by atoms with Crippen molar-refractivity contribution in [2.24, 2.45) is 5.73 Å². The Kier molecular flexibility index (Phi) is 5.57. The van der Waals surface area contributed by atoms with Crippen LogP contribution in [-0.2, 0) is 16.6 Å². The predicted molar refractivity (Wildman–Crippen MR) is 118 cm³/mol. The molecule has 2 aromatic carbocycles. The van der Waals surface area contributed by atoms with Gasteiger partial charge in [-0.05, 0) is 48.7 Å². The maximum absolute atomic E-state index is 13.3. The van der Waals surface area contributed by atoms with Crippen LogP contribution < -0.4 is 16.2 Å². The summed E-state index contributed by atoms with van der Waals surface area (Å²) in [5, 5.41) is 0. The molecule has 0 aliphatic rings. The van der Waals surface area contributed by atoms with Crippen LogP contribution in [0.2, 0.25) is 0 Å². The lowest BCUT2D eigenvalue weighted by molar-refractivity contribution is 0.489. The van der Waals surface area contributed by atoms with Gasteiger partial charge in [0.15, 0.2) is 5.58 Å². The molecule has 2 aromatic heterocycles. The monoisotopic (exact) mass is 456 g/mol. The van der Waals surface area contributed by atoms with E-state index in [1.807, 2.05) is 31.2 Å². The fourth-order valence-electron chi connectivity index (χ4n) is 3.61. The van der Waals surface area contributed by atoms with Gasteiger partial charge in [-0.2, -0.15) is 4.39 Å². The molecule has 32 heavy (non-hydrogen) atoms. The Bertz CT molecular complexity index is 1480. The number of aryl methyl sites for hydroxylation is 1. The molecule has 0 amide bonds. The second kappa shape index (κ2) is 8.21. The molecule has 10 heteroatoms. The maximum atomic E-state index is 13.3. The van der Waals surface area contributed by atoms with Gasteiger partial charge in [-0.3, -0.25) is 9.29 Å². The minimum atomic E-state index is -4.10. The lowest BCUT2D eigenvalue weighted by atomic mass is 10.0. The predicted octanol–water partition coefficient (Wildman–Crippen LogP) is 3.31. The molecule has 1 unspecified atom stereocenters. The summed E-state index contributed by atoms with van der Waals surface area (Å²) in [6.07, 6.45) is 0. The number of fused-ring (bicyclic) bond motifs is 1. The largest absolute Gasteiger partial charge is 0.420 e. The number of oxazole rings is 1. The average molecular weight is 456 g/mol. The first kappa shape index (κ1) is 21.7. The summed E-state index contributed by atoms with van der Waals surface area (Å²) in [7, 11) is -4.10. The first-order chi connectivity index (χ1) is 15.2. The van der Waals surface area contributed by atoms with E-state index in [2.05, 4.69) is 9.71 Å². The number of anilines is 1. The molecule has 0 bridgehead atoms. The molecule has 1 atom stereocenters. The number of pyridine rings is 1. The summed E-state index contributed by atoms with van der Waals surface area (Å²) in [5.74, 6) is -1.58. The molecular weight excluding hydrogens is 435 g/mol. The van der Waals surface area contributed by atoms with Crippen molar-refractivity contribution >= 4 is 26.9 Å². The highest BCUT2D eigenvalue weighted by atomic mass is 32.2. The van der Waals surface area contributed by atoms with Gasteiger partial charge in [0.1, 0.15) is 5.82 Å². The zero-order valence-electron chi connectivity index (χ0n) is 17.4. The van der Waals surface area contributed by atoms with E-state index in [1.165, 1.54) is 22.8 Å². The molecule has 0 spiro atoms. The van der Waals surface area contributed by atoms with Gasteiger partial charge < -0.3 is 10.2 Å². The highest BCUT2D eigenvalue weighted by Gasteiger charge is 2.23. The second-order valence-electron chi connectivity index (χ2n) is 7.40. The first-order valence-corrected chi connectivity index (χ1v) is 11.3. The summed E-state index contributed by atoms with van der Waals surface area (Å²) in [6.45, 7) is 3.83. The van der Waals surface area contributed by atoms with E-state index >= 15 is 0 Å². The van der Waals surface area contributed by atoms with E-state index in [1.54, 1.807) is 13.0 Å². The molecule has 0 fully saturated rings. The molecule has 166 valence electrons. The Balaban J connectivity index is 1.78. The van der Waals surface area contributed by atoms with Gasteiger partial charge in [-0.1, -0.05) is 30.3 Å². The van der Waals surface area contributed by atoms with Gasteiger partial charge in [-0.15, -0.1) is 0 Å². The van der Waals surface area contributed by atoms with Crippen LogP contribution in [0.25, 0.3) is 11.1 Å². The van der Waals surface area contributed by atoms with Gasteiger partial charge in [0.2, 0.25) is 5.95 Å². The minimum absolute atomic E-state index is 0.102. The van der Waals surface area contributed by atoms with Crippen molar-refractivity contribution < 1.29 is 17.2 Å². The molecule has 0 aliphatic carbocycles. The molecule has 3 N–H and O–H groups in total. The van der Waals surface area contributed by atoms with Crippen LogP contribution in [0.1, 0.15) is 29.7 Å². The fraction of sp³-hybridized carbons (Fsp3) is 0.182. The fourth-order valence-corrected chi connectivity index (χ4v) is 4.85. The van der Waals surface area contributed by atoms with Crippen LogP contribution in [0.3, 0.4) is 0 Å². The number of halogens is 1. The van der Waals surface area contributed by atoms with Crippen molar-refractivity contribution in [1.29, 1.82) is 0 Å². The number of hydrogen-bond acceptors (Lipinski definition) is 6. The molecule has 0 radical (unpaired) electrons. The molecule has 4 rings (SSSR count). The van der Waals surface area contributed by atoms with Crippen LogP contribution >= 0.6 is 0 Å². The minimum Gasteiger partial charge on any atom is -0.408 e. The molecule has 0 saturated heterocycles. The normalized spacial score (nSPS) is 12.8. The topological polar surface area (TPSA) is 120 Å². The van der Waals surface area contributed by atoms with Crippen LogP contribution in [0, 0.1) is 12.9 Å². The standard InChI is InChI=1S/C22H21FN4O4S/c1-13-9-17-18(11-19(13)32(29,30)26-21-8-4-7-20(23)25-21)31-22(28)27(17)14(2)16-6-3-5-15(10-16)12-24/h3-11,14H,12,24H2,1-2H3,(H,25,26). The summed E-state index contributed by atoms with van der Waals surface area (Å²) in [5.41, 5.74) is 8.49. The molecule has 4 aromatic rings. The summed E-state index contributed by atoms with van der Waals surface area (Å²) < 4.78 is 48.2. The van der Waals surface area contributed by atoms with Crippen LogP contribution in [0.5, 0.6) is 0 Å². The zero-order valence-corrected chi connectivity index (χ0v) is 18.2. The molecule has 2 heterocycles. The van der Waals surface area contributed by atoms with Crippen molar-refractivity contribution in [3.8, 4) is 0 Å². The van der Waals surface area contributed by atoms with Crippen molar-refractivity contribution in [2.45, 2.75) is 31.3 Å². The van der Waals surface area contributed by atoms with Gasteiger partial charge in [0.25, 0.3) is 10.0 Å². The first-order valence-electron chi connectivity index (χ1n) is 9.79.